The Kier molecular flexibility index (Phi) is 8.48. The highest BCUT2D eigenvalue weighted by Gasteiger charge is 2.11. The van der Waals surface area contributed by atoms with Crippen molar-refractivity contribution in [1.29, 1.82) is 0 Å². The van der Waals surface area contributed by atoms with E-state index in [-0.39, 0.29) is 5.91 Å². The third-order valence-electron chi connectivity index (χ3n) is 3.67. The standard InChI is InChI=1S/C17H29N3O/c1-4-7-8-14(6-3)13-20-17(21)16-12-15(9-11-19-16)18-10-5-2/h9,11-12,14H,4-8,10,13H2,1-3H3,(H,18,19)(H,20,21). The van der Waals surface area contributed by atoms with Gasteiger partial charge in [-0.2, -0.15) is 0 Å². The number of rotatable bonds is 10. The predicted octanol–water partition coefficient (Wildman–Crippen LogP) is 3.85. The molecule has 0 aromatic carbocycles. The molecule has 0 spiro atoms. The minimum atomic E-state index is -0.0786. The first kappa shape index (κ1) is 17.5. The molecule has 1 heterocycles. The Hall–Kier alpha value is -1.58. The second kappa shape index (κ2) is 10.2. The highest BCUT2D eigenvalue weighted by atomic mass is 16.1. The summed E-state index contributed by atoms with van der Waals surface area (Å²) in [6, 6.07) is 3.71. The summed E-state index contributed by atoms with van der Waals surface area (Å²) in [5, 5.41) is 6.29. The summed E-state index contributed by atoms with van der Waals surface area (Å²) in [6.07, 6.45) is 7.45. The lowest BCUT2D eigenvalue weighted by molar-refractivity contribution is 0.0941. The van der Waals surface area contributed by atoms with Crippen LogP contribution in [0.25, 0.3) is 0 Å². The molecule has 0 saturated carbocycles. The van der Waals surface area contributed by atoms with Gasteiger partial charge in [-0.1, -0.05) is 40.0 Å². The van der Waals surface area contributed by atoms with Gasteiger partial charge in [-0.25, -0.2) is 0 Å². The maximum absolute atomic E-state index is 12.2. The quantitative estimate of drug-likeness (QED) is 0.688. The molecule has 0 aliphatic heterocycles. The number of anilines is 1. The number of nitrogens with zero attached hydrogens (tertiary/aromatic N) is 1. The van der Waals surface area contributed by atoms with E-state index in [1.54, 1.807) is 6.20 Å². The van der Waals surface area contributed by atoms with Crippen LogP contribution in [-0.4, -0.2) is 24.0 Å². The molecule has 1 amide bonds. The van der Waals surface area contributed by atoms with Crippen LogP contribution in [0.5, 0.6) is 0 Å². The Bertz CT molecular complexity index is 420. The number of nitrogens with one attached hydrogen (secondary N) is 2. The van der Waals surface area contributed by atoms with Crippen LogP contribution < -0.4 is 10.6 Å². The number of carbonyl (C=O) groups excluding carboxylic acids is 1. The van der Waals surface area contributed by atoms with Crippen molar-refractivity contribution in [2.75, 3.05) is 18.4 Å². The number of pyridine rings is 1. The third-order valence-corrected chi connectivity index (χ3v) is 3.67. The Morgan fingerprint density at radius 2 is 2.10 bits per heavy atom. The highest BCUT2D eigenvalue weighted by molar-refractivity contribution is 5.93. The van der Waals surface area contributed by atoms with Gasteiger partial charge in [0.1, 0.15) is 5.69 Å². The lowest BCUT2D eigenvalue weighted by atomic mass is 9.99. The van der Waals surface area contributed by atoms with E-state index < -0.39 is 0 Å². The van der Waals surface area contributed by atoms with Gasteiger partial charge in [-0.3, -0.25) is 9.78 Å². The van der Waals surface area contributed by atoms with Gasteiger partial charge in [0.2, 0.25) is 0 Å². The number of aromatic nitrogens is 1. The summed E-state index contributed by atoms with van der Waals surface area (Å²) in [5.74, 6) is 0.486. The van der Waals surface area contributed by atoms with Crippen LogP contribution in [0.1, 0.15) is 63.4 Å². The Labute approximate surface area is 128 Å². The van der Waals surface area contributed by atoms with Crippen molar-refractivity contribution in [3.63, 3.8) is 0 Å². The van der Waals surface area contributed by atoms with Crippen molar-refractivity contribution >= 4 is 11.6 Å². The van der Waals surface area contributed by atoms with E-state index in [0.29, 0.717) is 11.6 Å². The van der Waals surface area contributed by atoms with Crippen LogP contribution in [0.2, 0.25) is 0 Å². The monoisotopic (exact) mass is 291 g/mol. The molecule has 0 fully saturated rings. The zero-order valence-corrected chi connectivity index (χ0v) is 13.6. The molecular weight excluding hydrogens is 262 g/mol. The summed E-state index contributed by atoms with van der Waals surface area (Å²) < 4.78 is 0. The first-order valence-electron chi connectivity index (χ1n) is 8.19. The van der Waals surface area contributed by atoms with Gasteiger partial charge in [0.05, 0.1) is 0 Å². The average Bonchev–Trinajstić information content (AvgIpc) is 2.53. The molecule has 1 aromatic heterocycles. The molecule has 21 heavy (non-hydrogen) atoms. The zero-order chi connectivity index (χ0) is 15.5. The fraction of sp³-hybridized carbons (Fsp3) is 0.647. The van der Waals surface area contributed by atoms with Gasteiger partial charge in [-0.05, 0) is 30.9 Å². The predicted molar refractivity (Wildman–Crippen MR) is 88.7 cm³/mol. The molecule has 1 aromatic rings. The van der Waals surface area contributed by atoms with Gasteiger partial charge in [-0.15, -0.1) is 0 Å². The summed E-state index contributed by atoms with van der Waals surface area (Å²) in [7, 11) is 0. The van der Waals surface area contributed by atoms with Crippen molar-refractivity contribution in [3.8, 4) is 0 Å². The van der Waals surface area contributed by atoms with Gasteiger partial charge >= 0.3 is 0 Å². The number of carbonyl (C=O) groups is 1. The molecule has 0 bridgehead atoms. The van der Waals surface area contributed by atoms with Crippen LogP contribution in [0.4, 0.5) is 5.69 Å². The molecule has 0 radical (unpaired) electrons. The van der Waals surface area contributed by atoms with Crippen molar-refractivity contribution in [1.82, 2.24) is 10.3 Å². The first-order valence-corrected chi connectivity index (χ1v) is 8.19. The minimum Gasteiger partial charge on any atom is -0.385 e. The largest absolute Gasteiger partial charge is 0.385 e. The van der Waals surface area contributed by atoms with Gasteiger partial charge in [0.15, 0.2) is 0 Å². The number of hydrogen-bond acceptors (Lipinski definition) is 3. The third kappa shape index (κ3) is 6.61. The van der Waals surface area contributed by atoms with Crippen molar-refractivity contribution in [2.45, 2.75) is 52.9 Å². The van der Waals surface area contributed by atoms with Gasteiger partial charge < -0.3 is 10.6 Å². The van der Waals surface area contributed by atoms with Crippen molar-refractivity contribution < 1.29 is 4.79 Å². The molecular formula is C17H29N3O. The Morgan fingerprint density at radius 1 is 1.29 bits per heavy atom. The second-order valence-corrected chi connectivity index (χ2v) is 5.48. The summed E-state index contributed by atoms with van der Waals surface area (Å²) in [4.78, 5) is 16.3. The molecule has 2 N–H and O–H groups in total. The summed E-state index contributed by atoms with van der Waals surface area (Å²) in [6.45, 7) is 8.14. The maximum Gasteiger partial charge on any atom is 0.269 e. The van der Waals surface area contributed by atoms with E-state index in [0.717, 1.165) is 31.6 Å². The molecule has 1 rings (SSSR count). The minimum absolute atomic E-state index is 0.0786. The van der Waals surface area contributed by atoms with E-state index in [2.05, 4.69) is 36.4 Å². The van der Waals surface area contributed by atoms with Gasteiger partial charge in [0, 0.05) is 25.0 Å². The lowest BCUT2D eigenvalue weighted by Crippen LogP contribution is -2.29. The molecule has 0 aliphatic carbocycles. The number of unbranched alkanes of at least 4 members (excludes halogenated alkanes) is 1. The molecule has 0 aliphatic rings. The molecule has 4 heteroatoms. The van der Waals surface area contributed by atoms with Crippen LogP contribution >= 0.6 is 0 Å². The maximum atomic E-state index is 12.2. The Morgan fingerprint density at radius 3 is 2.76 bits per heavy atom. The van der Waals surface area contributed by atoms with E-state index in [9.17, 15) is 4.79 Å². The van der Waals surface area contributed by atoms with E-state index in [4.69, 9.17) is 0 Å². The molecule has 1 unspecified atom stereocenters. The van der Waals surface area contributed by atoms with E-state index in [1.807, 2.05) is 12.1 Å². The van der Waals surface area contributed by atoms with Crippen molar-refractivity contribution in [2.24, 2.45) is 5.92 Å². The highest BCUT2D eigenvalue weighted by Crippen LogP contribution is 2.12. The first-order chi connectivity index (χ1) is 10.2. The molecule has 1 atom stereocenters. The van der Waals surface area contributed by atoms with E-state index in [1.165, 1.54) is 19.3 Å². The number of hydrogen-bond donors (Lipinski definition) is 2. The fourth-order valence-electron chi connectivity index (χ4n) is 2.20. The zero-order valence-electron chi connectivity index (χ0n) is 13.6. The smallest absolute Gasteiger partial charge is 0.269 e. The molecule has 4 nitrogen and oxygen atoms in total. The number of amides is 1. The normalized spacial score (nSPS) is 12.0. The van der Waals surface area contributed by atoms with Crippen molar-refractivity contribution in [3.05, 3.63) is 24.0 Å². The fourth-order valence-corrected chi connectivity index (χ4v) is 2.20. The van der Waals surface area contributed by atoms with Crippen LogP contribution in [0.3, 0.4) is 0 Å². The second-order valence-electron chi connectivity index (χ2n) is 5.48. The topological polar surface area (TPSA) is 54.0 Å². The van der Waals surface area contributed by atoms with Crippen LogP contribution in [-0.2, 0) is 0 Å². The van der Waals surface area contributed by atoms with E-state index >= 15 is 0 Å². The van der Waals surface area contributed by atoms with Crippen LogP contribution in [0.15, 0.2) is 18.3 Å². The Balaban J connectivity index is 2.50. The van der Waals surface area contributed by atoms with Crippen LogP contribution in [0, 0.1) is 5.92 Å². The summed E-state index contributed by atoms with van der Waals surface area (Å²) >= 11 is 0. The average molecular weight is 291 g/mol. The summed E-state index contributed by atoms with van der Waals surface area (Å²) in [5.41, 5.74) is 1.44. The van der Waals surface area contributed by atoms with Gasteiger partial charge in [0.25, 0.3) is 5.91 Å². The molecule has 118 valence electrons. The SMILES string of the molecule is CCCCC(CC)CNC(=O)c1cc(NCCC)ccn1. The molecule has 0 saturated heterocycles. The lowest BCUT2D eigenvalue weighted by Gasteiger charge is -2.15.